The van der Waals surface area contributed by atoms with E-state index in [1.54, 1.807) is 0 Å². The molecule has 0 aromatic heterocycles. The lowest BCUT2D eigenvalue weighted by Gasteiger charge is -2.38. The molecule has 0 spiro atoms. The maximum absolute atomic E-state index is 13.2. The fourth-order valence-corrected chi connectivity index (χ4v) is 3.78. The van der Waals surface area contributed by atoms with Gasteiger partial charge in [0, 0.05) is 32.1 Å². The third kappa shape index (κ3) is 5.74. The van der Waals surface area contributed by atoms with Crippen LogP contribution in [0.4, 0.5) is 13.2 Å². The van der Waals surface area contributed by atoms with Crippen LogP contribution in [0.5, 0.6) is 0 Å². The van der Waals surface area contributed by atoms with Gasteiger partial charge in [0.05, 0.1) is 11.8 Å². The van der Waals surface area contributed by atoms with Gasteiger partial charge in [0.25, 0.3) is 0 Å². The number of carbonyl (C=O) groups excluding carboxylic acids is 2. The van der Waals surface area contributed by atoms with E-state index in [9.17, 15) is 22.8 Å². The Hall–Kier alpha value is -1.02. The van der Waals surface area contributed by atoms with Crippen LogP contribution in [0.1, 0.15) is 38.5 Å². The van der Waals surface area contributed by atoms with Crippen molar-refractivity contribution in [1.29, 1.82) is 0 Å². The monoisotopic (exact) mass is 385 g/mol. The van der Waals surface area contributed by atoms with Crippen LogP contribution in [0, 0.1) is 17.8 Å². The third-order valence-corrected chi connectivity index (χ3v) is 5.05. The van der Waals surface area contributed by atoms with Gasteiger partial charge >= 0.3 is 6.18 Å². The van der Waals surface area contributed by atoms with Crippen molar-refractivity contribution in [3.05, 3.63) is 0 Å². The predicted molar refractivity (Wildman–Crippen MR) is 90.1 cm³/mol. The topological polar surface area (TPSA) is 75.4 Å². The maximum atomic E-state index is 13.2. The van der Waals surface area contributed by atoms with Crippen molar-refractivity contribution in [1.82, 2.24) is 10.2 Å². The first kappa shape index (κ1) is 22.0. The molecule has 0 aromatic carbocycles. The van der Waals surface area contributed by atoms with Gasteiger partial charge in [-0.15, -0.1) is 12.4 Å². The van der Waals surface area contributed by atoms with Gasteiger partial charge in [0.2, 0.25) is 11.8 Å². The summed E-state index contributed by atoms with van der Waals surface area (Å²) in [5.41, 5.74) is 5.35. The molecule has 2 aliphatic rings. The van der Waals surface area contributed by atoms with Gasteiger partial charge < -0.3 is 16.0 Å². The summed E-state index contributed by atoms with van der Waals surface area (Å²) in [5.74, 6) is -3.51. The third-order valence-electron chi connectivity index (χ3n) is 5.05. The van der Waals surface area contributed by atoms with Gasteiger partial charge in [0.1, 0.15) is 0 Å². The van der Waals surface area contributed by atoms with E-state index in [1.807, 2.05) is 0 Å². The smallest absolute Gasteiger partial charge is 0.355 e. The van der Waals surface area contributed by atoms with Gasteiger partial charge in [-0.05, 0) is 25.7 Å². The Kier molecular flexibility index (Phi) is 8.47. The van der Waals surface area contributed by atoms with Crippen LogP contribution in [0.15, 0.2) is 0 Å². The standard InChI is InChI=1S/C16H26F3N3O2.ClH/c17-16(18,19)13-6-2-1-5-12(13)15(24)22-9-3-4-11(10-22)14(23)21-8-7-20;/h11-13H,1-10,20H2,(H,21,23);1H. The fraction of sp³-hybridized carbons (Fsp3) is 0.875. The Labute approximate surface area is 152 Å². The molecule has 9 heteroatoms. The average molecular weight is 386 g/mol. The molecule has 146 valence electrons. The van der Waals surface area contributed by atoms with Gasteiger partial charge in [-0.3, -0.25) is 9.59 Å². The molecule has 2 rings (SSSR count). The molecular formula is C16H27ClF3N3O2. The Morgan fingerprint density at radius 2 is 1.80 bits per heavy atom. The van der Waals surface area contributed by atoms with Crippen molar-refractivity contribution >= 4 is 24.2 Å². The van der Waals surface area contributed by atoms with Gasteiger partial charge in [-0.1, -0.05) is 12.8 Å². The minimum Gasteiger partial charge on any atom is -0.355 e. The van der Waals surface area contributed by atoms with Crippen LogP contribution in [0.3, 0.4) is 0 Å². The molecule has 0 radical (unpaired) electrons. The van der Waals surface area contributed by atoms with E-state index in [4.69, 9.17) is 5.73 Å². The Bertz CT molecular complexity index is 462. The van der Waals surface area contributed by atoms with Crippen molar-refractivity contribution in [3.63, 3.8) is 0 Å². The molecule has 25 heavy (non-hydrogen) atoms. The molecule has 1 aliphatic heterocycles. The fourth-order valence-electron chi connectivity index (χ4n) is 3.78. The molecule has 1 saturated heterocycles. The van der Waals surface area contributed by atoms with Gasteiger partial charge in [-0.2, -0.15) is 13.2 Å². The molecule has 3 unspecified atom stereocenters. The Morgan fingerprint density at radius 1 is 1.12 bits per heavy atom. The van der Waals surface area contributed by atoms with Crippen molar-refractivity contribution in [2.45, 2.75) is 44.7 Å². The van der Waals surface area contributed by atoms with E-state index >= 15 is 0 Å². The lowest BCUT2D eigenvalue weighted by atomic mass is 9.77. The molecule has 1 aliphatic carbocycles. The highest BCUT2D eigenvalue weighted by atomic mass is 35.5. The SMILES string of the molecule is Cl.NCCNC(=O)C1CCCN(C(=O)C2CCCCC2C(F)(F)F)C1. The summed E-state index contributed by atoms with van der Waals surface area (Å²) in [6.07, 6.45) is -1.59. The van der Waals surface area contributed by atoms with Crippen molar-refractivity contribution in [2.75, 3.05) is 26.2 Å². The molecule has 0 aromatic rings. The molecular weight excluding hydrogens is 359 g/mol. The molecule has 1 heterocycles. The van der Waals surface area contributed by atoms with E-state index in [2.05, 4.69) is 5.32 Å². The number of likely N-dealkylation sites (tertiary alicyclic amines) is 1. The molecule has 3 atom stereocenters. The number of amides is 2. The van der Waals surface area contributed by atoms with E-state index in [0.29, 0.717) is 45.3 Å². The lowest BCUT2D eigenvalue weighted by Crippen LogP contribution is -2.50. The first-order chi connectivity index (χ1) is 11.3. The zero-order valence-electron chi connectivity index (χ0n) is 14.2. The Balaban J connectivity index is 0.00000312. The van der Waals surface area contributed by atoms with E-state index in [1.165, 1.54) is 4.90 Å². The zero-order chi connectivity index (χ0) is 17.7. The normalized spacial score (nSPS) is 27.4. The number of nitrogens with two attached hydrogens (primary N) is 1. The minimum atomic E-state index is -4.34. The van der Waals surface area contributed by atoms with Crippen LogP contribution < -0.4 is 11.1 Å². The molecule has 2 amide bonds. The second-order valence-electron chi connectivity index (χ2n) is 6.74. The summed E-state index contributed by atoms with van der Waals surface area (Å²) in [6.45, 7) is 1.33. The summed E-state index contributed by atoms with van der Waals surface area (Å²) >= 11 is 0. The van der Waals surface area contributed by atoms with Crippen LogP contribution in [0.25, 0.3) is 0 Å². The summed E-state index contributed by atoms with van der Waals surface area (Å²) < 4.78 is 39.6. The van der Waals surface area contributed by atoms with Crippen LogP contribution >= 0.6 is 12.4 Å². The number of hydrogen-bond acceptors (Lipinski definition) is 3. The number of rotatable bonds is 4. The Morgan fingerprint density at radius 3 is 2.44 bits per heavy atom. The van der Waals surface area contributed by atoms with Crippen molar-refractivity contribution in [2.24, 2.45) is 23.5 Å². The van der Waals surface area contributed by atoms with Crippen LogP contribution in [-0.2, 0) is 9.59 Å². The number of halogens is 4. The maximum Gasteiger partial charge on any atom is 0.392 e. The molecule has 1 saturated carbocycles. The predicted octanol–water partition coefficient (Wildman–Crippen LogP) is 2.09. The number of piperidine rings is 1. The summed E-state index contributed by atoms with van der Waals surface area (Å²) in [6, 6.07) is 0. The van der Waals surface area contributed by atoms with Crippen LogP contribution in [-0.4, -0.2) is 49.1 Å². The van der Waals surface area contributed by atoms with E-state index in [0.717, 1.165) is 0 Å². The highest BCUT2D eigenvalue weighted by Crippen LogP contribution is 2.42. The van der Waals surface area contributed by atoms with Crippen molar-refractivity contribution < 1.29 is 22.8 Å². The van der Waals surface area contributed by atoms with Crippen LogP contribution in [0.2, 0.25) is 0 Å². The first-order valence-corrected chi connectivity index (χ1v) is 8.68. The number of alkyl halides is 3. The summed E-state index contributed by atoms with van der Waals surface area (Å²) in [5, 5.41) is 2.69. The second kappa shape index (κ2) is 9.62. The summed E-state index contributed by atoms with van der Waals surface area (Å²) in [7, 11) is 0. The number of nitrogens with zero attached hydrogens (tertiary/aromatic N) is 1. The van der Waals surface area contributed by atoms with E-state index in [-0.39, 0.29) is 43.6 Å². The van der Waals surface area contributed by atoms with Crippen molar-refractivity contribution in [3.8, 4) is 0 Å². The highest BCUT2D eigenvalue weighted by Gasteiger charge is 2.49. The first-order valence-electron chi connectivity index (χ1n) is 8.68. The molecule has 0 bridgehead atoms. The van der Waals surface area contributed by atoms with Gasteiger partial charge in [0.15, 0.2) is 0 Å². The average Bonchev–Trinajstić information content (AvgIpc) is 2.58. The molecule has 3 N–H and O–H groups in total. The summed E-state index contributed by atoms with van der Waals surface area (Å²) in [4.78, 5) is 26.2. The second-order valence-corrected chi connectivity index (χ2v) is 6.74. The van der Waals surface area contributed by atoms with Gasteiger partial charge in [-0.25, -0.2) is 0 Å². The quantitative estimate of drug-likeness (QED) is 0.778. The van der Waals surface area contributed by atoms with E-state index < -0.39 is 23.9 Å². The zero-order valence-corrected chi connectivity index (χ0v) is 15.0. The lowest BCUT2D eigenvalue weighted by molar-refractivity contribution is -0.201. The largest absolute Gasteiger partial charge is 0.392 e. The minimum absolute atomic E-state index is 0. The molecule has 2 fully saturated rings. The number of carbonyl (C=O) groups is 2. The number of hydrogen-bond donors (Lipinski definition) is 2. The number of nitrogens with one attached hydrogen (secondary N) is 1. The highest BCUT2D eigenvalue weighted by molar-refractivity contribution is 5.85. The molecule has 5 nitrogen and oxygen atoms in total.